The Balaban J connectivity index is 3.90. The molecule has 0 spiro atoms. The molecule has 1 amide bonds. The van der Waals surface area contributed by atoms with Crippen molar-refractivity contribution in [2.24, 2.45) is 17.8 Å². The highest BCUT2D eigenvalue weighted by Gasteiger charge is 2.18. The number of carbonyl (C=O) groups is 1. The summed E-state index contributed by atoms with van der Waals surface area (Å²) in [4.78, 5) is 11.7. The molecule has 0 aliphatic carbocycles. The maximum Gasteiger partial charge on any atom is 0.407 e. The zero-order valence-corrected chi connectivity index (χ0v) is 15.5. The number of amides is 1. The Morgan fingerprint density at radius 1 is 1.09 bits per heavy atom. The second-order valence-electron chi connectivity index (χ2n) is 7.56. The summed E-state index contributed by atoms with van der Waals surface area (Å²) in [5, 5.41) is 6.25. The van der Waals surface area contributed by atoms with Crippen molar-refractivity contribution in [1.82, 2.24) is 10.6 Å². The topological polar surface area (TPSA) is 59.6 Å². The Bertz CT molecular complexity index is 299. The highest BCUT2D eigenvalue weighted by molar-refractivity contribution is 5.67. The van der Waals surface area contributed by atoms with Gasteiger partial charge in [0, 0.05) is 19.7 Å². The Labute approximate surface area is 136 Å². The van der Waals surface area contributed by atoms with Crippen LogP contribution in [0, 0.1) is 17.8 Å². The predicted octanol–water partition coefficient (Wildman–Crippen LogP) is 3.05. The number of hydrogen-bond donors (Lipinski definition) is 2. The zero-order chi connectivity index (χ0) is 17.2. The summed E-state index contributed by atoms with van der Waals surface area (Å²) in [6.07, 6.45) is -0.349. The van der Waals surface area contributed by atoms with Gasteiger partial charge in [0.25, 0.3) is 0 Å². The molecule has 0 fully saturated rings. The number of nitrogens with one attached hydrogen (secondary N) is 2. The fraction of sp³-hybridized carbons (Fsp3) is 0.941. The molecule has 0 aromatic heterocycles. The van der Waals surface area contributed by atoms with Crippen LogP contribution in [0.25, 0.3) is 0 Å². The second kappa shape index (κ2) is 10.8. The molecular formula is C17H36N2O3. The van der Waals surface area contributed by atoms with Crippen LogP contribution in [0.15, 0.2) is 0 Å². The van der Waals surface area contributed by atoms with Crippen LogP contribution >= 0.6 is 0 Å². The molecule has 0 aliphatic heterocycles. The summed E-state index contributed by atoms with van der Waals surface area (Å²) in [7, 11) is 0. The van der Waals surface area contributed by atoms with Gasteiger partial charge in [-0.3, -0.25) is 0 Å². The van der Waals surface area contributed by atoms with E-state index in [0.29, 0.717) is 24.3 Å². The van der Waals surface area contributed by atoms with Crippen LogP contribution < -0.4 is 10.6 Å². The fourth-order valence-electron chi connectivity index (χ4n) is 1.82. The average Bonchev–Trinajstić information content (AvgIpc) is 2.33. The third-order valence-electron chi connectivity index (χ3n) is 3.13. The number of ether oxygens (including phenoxy) is 2. The molecule has 2 N–H and O–H groups in total. The fourth-order valence-corrected chi connectivity index (χ4v) is 1.82. The molecule has 1 atom stereocenters. The quantitative estimate of drug-likeness (QED) is 0.608. The van der Waals surface area contributed by atoms with E-state index < -0.39 is 5.60 Å². The summed E-state index contributed by atoms with van der Waals surface area (Å²) in [6.45, 7) is 18.1. The van der Waals surface area contributed by atoms with Crippen molar-refractivity contribution < 1.29 is 14.3 Å². The highest BCUT2D eigenvalue weighted by Crippen LogP contribution is 2.10. The number of rotatable bonds is 10. The van der Waals surface area contributed by atoms with Crippen molar-refractivity contribution in [3.8, 4) is 0 Å². The third kappa shape index (κ3) is 12.9. The van der Waals surface area contributed by atoms with E-state index in [-0.39, 0.29) is 6.09 Å². The maximum absolute atomic E-state index is 11.7. The molecule has 0 saturated carbocycles. The molecule has 0 aliphatic rings. The molecule has 0 bridgehead atoms. The number of hydrogen-bond acceptors (Lipinski definition) is 4. The molecular weight excluding hydrogens is 280 g/mol. The van der Waals surface area contributed by atoms with Crippen LogP contribution in [0.1, 0.15) is 48.5 Å². The molecule has 1 unspecified atom stereocenters. The van der Waals surface area contributed by atoms with Gasteiger partial charge in [-0.25, -0.2) is 4.79 Å². The maximum atomic E-state index is 11.7. The summed E-state index contributed by atoms with van der Waals surface area (Å²) >= 11 is 0. The van der Waals surface area contributed by atoms with E-state index in [1.54, 1.807) is 0 Å². The van der Waals surface area contributed by atoms with Gasteiger partial charge in [-0.1, -0.05) is 27.7 Å². The van der Waals surface area contributed by atoms with E-state index in [2.05, 4.69) is 38.3 Å². The molecule has 0 aromatic carbocycles. The molecule has 22 heavy (non-hydrogen) atoms. The van der Waals surface area contributed by atoms with Crippen LogP contribution in [0.3, 0.4) is 0 Å². The number of carbonyl (C=O) groups excluding carboxylic acids is 1. The lowest BCUT2D eigenvalue weighted by molar-refractivity contribution is 0.0514. The van der Waals surface area contributed by atoms with Gasteiger partial charge in [0.2, 0.25) is 0 Å². The third-order valence-corrected chi connectivity index (χ3v) is 3.13. The van der Waals surface area contributed by atoms with Gasteiger partial charge in [-0.15, -0.1) is 0 Å². The minimum Gasteiger partial charge on any atom is -0.444 e. The summed E-state index contributed by atoms with van der Waals surface area (Å²) in [5.74, 6) is 1.43. The summed E-state index contributed by atoms with van der Waals surface area (Å²) in [6, 6.07) is 0. The Hall–Kier alpha value is -0.810. The smallest absolute Gasteiger partial charge is 0.407 e. The average molecular weight is 316 g/mol. The second-order valence-corrected chi connectivity index (χ2v) is 7.56. The molecule has 0 saturated heterocycles. The Morgan fingerprint density at radius 2 is 1.73 bits per heavy atom. The van der Waals surface area contributed by atoms with Gasteiger partial charge < -0.3 is 20.1 Å². The van der Waals surface area contributed by atoms with Crippen LogP contribution in [0.2, 0.25) is 0 Å². The Morgan fingerprint density at radius 3 is 2.23 bits per heavy atom. The molecule has 0 radical (unpaired) electrons. The standard InChI is InChI=1S/C17H36N2O3/c1-13(2)12-21-9-8-18-10-15(14(3)4)11-19-16(20)22-17(5,6)7/h13-15,18H,8-12H2,1-7H3,(H,19,20). The molecule has 0 heterocycles. The number of alkyl carbamates (subject to hydrolysis) is 1. The summed E-state index contributed by atoms with van der Waals surface area (Å²) in [5.41, 5.74) is -0.455. The first-order valence-electron chi connectivity index (χ1n) is 8.37. The van der Waals surface area contributed by atoms with Crippen molar-refractivity contribution in [3.05, 3.63) is 0 Å². The van der Waals surface area contributed by atoms with Crippen molar-refractivity contribution in [2.75, 3.05) is 32.8 Å². The first-order valence-corrected chi connectivity index (χ1v) is 8.37. The lowest BCUT2D eigenvalue weighted by Gasteiger charge is -2.24. The van der Waals surface area contributed by atoms with Crippen LogP contribution in [0.4, 0.5) is 4.79 Å². The first-order chi connectivity index (χ1) is 10.1. The molecule has 0 aromatic rings. The monoisotopic (exact) mass is 316 g/mol. The minimum absolute atomic E-state index is 0.349. The van der Waals surface area contributed by atoms with E-state index in [0.717, 1.165) is 26.3 Å². The lowest BCUT2D eigenvalue weighted by Crippen LogP contribution is -2.40. The minimum atomic E-state index is -0.455. The van der Waals surface area contributed by atoms with Gasteiger partial charge in [0.05, 0.1) is 6.61 Å². The summed E-state index contributed by atoms with van der Waals surface area (Å²) < 4.78 is 10.8. The van der Waals surface area contributed by atoms with E-state index >= 15 is 0 Å². The molecule has 5 nitrogen and oxygen atoms in total. The molecule has 5 heteroatoms. The van der Waals surface area contributed by atoms with Crippen molar-refractivity contribution >= 4 is 6.09 Å². The van der Waals surface area contributed by atoms with Gasteiger partial charge >= 0.3 is 6.09 Å². The van der Waals surface area contributed by atoms with Gasteiger partial charge in [-0.05, 0) is 45.1 Å². The molecule has 0 rings (SSSR count). The normalized spacial score (nSPS) is 13.5. The zero-order valence-electron chi connectivity index (χ0n) is 15.5. The van der Waals surface area contributed by atoms with Crippen LogP contribution in [-0.4, -0.2) is 44.5 Å². The largest absolute Gasteiger partial charge is 0.444 e. The molecule has 132 valence electrons. The van der Waals surface area contributed by atoms with E-state index in [4.69, 9.17) is 9.47 Å². The van der Waals surface area contributed by atoms with E-state index in [1.165, 1.54) is 0 Å². The van der Waals surface area contributed by atoms with E-state index in [1.807, 2.05) is 20.8 Å². The first kappa shape index (κ1) is 21.2. The van der Waals surface area contributed by atoms with Crippen molar-refractivity contribution in [2.45, 2.75) is 54.1 Å². The van der Waals surface area contributed by atoms with Crippen LogP contribution in [-0.2, 0) is 9.47 Å². The Kier molecular flexibility index (Phi) is 10.4. The predicted molar refractivity (Wildman–Crippen MR) is 91.1 cm³/mol. The van der Waals surface area contributed by atoms with Crippen molar-refractivity contribution in [3.63, 3.8) is 0 Å². The lowest BCUT2D eigenvalue weighted by atomic mass is 9.96. The van der Waals surface area contributed by atoms with Gasteiger partial charge in [0.1, 0.15) is 5.60 Å². The highest BCUT2D eigenvalue weighted by atomic mass is 16.6. The van der Waals surface area contributed by atoms with Gasteiger partial charge in [0.15, 0.2) is 0 Å². The van der Waals surface area contributed by atoms with Crippen LogP contribution in [0.5, 0.6) is 0 Å². The van der Waals surface area contributed by atoms with Gasteiger partial charge in [-0.2, -0.15) is 0 Å². The van der Waals surface area contributed by atoms with E-state index in [9.17, 15) is 4.79 Å². The van der Waals surface area contributed by atoms with Crippen molar-refractivity contribution in [1.29, 1.82) is 0 Å². The SMILES string of the molecule is CC(C)COCCNCC(CNC(=O)OC(C)(C)C)C(C)C.